The van der Waals surface area contributed by atoms with Gasteiger partial charge in [0.15, 0.2) is 0 Å². The molecule has 0 radical (unpaired) electrons. The molecule has 0 bridgehead atoms. The van der Waals surface area contributed by atoms with Crippen LogP contribution in [0.15, 0.2) is 36.4 Å². The van der Waals surface area contributed by atoms with Gasteiger partial charge in [-0.1, -0.05) is 37.3 Å². The maximum atomic E-state index is 12.5. The molecule has 0 saturated heterocycles. The van der Waals surface area contributed by atoms with Gasteiger partial charge in [-0.2, -0.15) is 0 Å². The number of rotatable bonds is 7. The van der Waals surface area contributed by atoms with Gasteiger partial charge in [-0.25, -0.2) is 0 Å². The van der Waals surface area contributed by atoms with E-state index in [0.717, 1.165) is 24.2 Å². The molecule has 1 aliphatic rings. The minimum atomic E-state index is 0.0994. The third-order valence-corrected chi connectivity index (χ3v) is 5.62. The highest BCUT2D eigenvalue weighted by molar-refractivity contribution is 5.76. The number of amides is 1. The van der Waals surface area contributed by atoms with Crippen LogP contribution in [0, 0.1) is 6.92 Å². The van der Waals surface area contributed by atoms with E-state index in [-0.39, 0.29) is 11.9 Å². The first-order chi connectivity index (χ1) is 13.1. The van der Waals surface area contributed by atoms with Crippen molar-refractivity contribution in [2.45, 2.75) is 64.8 Å². The molecule has 2 aromatic carbocycles. The van der Waals surface area contributed by atoms with Gasteiger partial charge in [0.25, 0.3) is 0 Å². The van der Waals surface area contributed by atoms with Gasteiger partial charge in [0.2, 0.25) is 5.91 Å². The molecule has 1 N–H and O–H groups in total. The number of hydrogen-bond acceptors (Lipinski definition) is 2. The van der Waals surface area contributed by atoms with E-state index in [0.29, 0.717) is 6.42 Å². The molecule has 144 valence electrons. The average Bonchev–Trinajstić information content (AvgIpc) is 2.70. The number of nitrogens with one attached hydrogen (secondary N) is 1. The number of carbonyl (C=O) groups excluding carboxylic acids is 1. The van der Waals surface area contributed by atoms with Crippen LogP contribution in [-0.4, -0.2) is 13.0 Å². The molecule has 1 unspecified atom stereocenters. The van der Waals surface area contributed by atoms with Crippen molar-refractivity contribution in [1.82, 2.24) is 5.32 Å². The van der Waals surface area contributed by atoms with Gasteiger partial charge < -0.3 is 10.1 Å². The minimum Gasteiger partial charge on any atom is -0.496 e. The molecule has 3 heteroatoms. The smallest absolute Gasteiger partial charge is 0.220 e. The SMILES string of the molecule is CCC(NC(=O)CCc1ccc(OC)c(C)c1)c1ccc2c(c1)CCCC2. The van der Waals surface area contributed by atoms with Gasteiger partial charge in [-0.15, -0.1) is 0 Å². The summed E-state index contributed by atoms with van der Waals surface area (Å²) in [4.78, 5) is 12.5. The molecule has 0 aliphatic heterocycles. The average molecular weight is 366 g/mol. The summed E-state index contributed by atoms with van der Waals surface area (Å²) < 4.78 is 5.30. The second-order valence-electron chi connectivity index (χ2n) is 7.57. The van der Waals surface area contributed by atoms with E-state index < -0.39 is 0 Å². The molecule has 0 spiro atoms. The molecule has 1 amide bonds. The van der Waals surface area contributed by atoms with Crippen LogP contribution in [0.1, 0.15) is 66.5 Å². The third-order valence-electron chi connectivity index (χ3n) is 5.62. The van der Waals surface area contributed by atoms with Gasteiger partial charge in [-0.05, 0) is 79.3 Å². The van der Waals surface area contributed by atoms with Crippen molar-refractivity contribution in [3.05, 3.63) is 64.2 Å². The highest BCUT2D eigenvalue weighted by atomic mass is 16.5. The number of hydrogen-bond donors (Lipinski definition) is 1. The van der Waals surface area contributed by atoms with Crippen molar-refractivity contribution in [2.24, 2.45) is 0 Å². The Morgan fingerprint density at radius 2 is 1.89 bits per heavy atom. The van der Waals surface area contributed by atoms with Gasteiger partial charge in [0.05, 0.1) is 13.2 Å². The summed E-state index contributed by atoms with van der Waals surface area (Å²) in [6.07, 6.45) is 7.10. The Labute approximate surface area is 163 Å². The maximum absolute atomic E-state index is 12.5. The molecule has 27 heavy (non-hydrogen) atoms. The van der Waals surface area contributed by atoms with Crippen LogP contribution in [0.25, 0.3) is 0 Å². The summed E-state index contributed by atoms with van der Waals surface area (Å²) in [5.74, 6) is 1.01. The molecule has 3 nitrogen and oxygen atoms in total. The fourth-order valence-electron chi connectivity index (χ4n) is 4.01. The van der Waals surface area contributed by atoms with Crippen LogP contribution in [-0.2, 0) is 24.1 Å². The monoisotopic (exact) mass is 365 g/mol. The van der Waals surface area contributed by atoms with E-state index in [1.807, 2.05) is 19.1 Å². The zero-order valence-corrected chi connectivity index (χ0v) is 16.8. The van der Waals surface area contributed by atoms with Gasteiger partial charge in [-0.3, -0.25) is 4.79 Å². The topological polar surface area (TPSA) is 38.3 Å². The molecule has 0 heterocycles. The van der Waals surface area contributed by atoms with E-state index in [9.17, 15) is 4.79 Å². The first-order valence-electron chi connectivity index (χ1n) is 10.1. The van der Waals surface area contributed by atoms with Crippen LogP contribution in [0.5, 0.6) is 5.75 Å². The van der Waals surface area contributed by atoms with Crippen LogP contribution in [0.2, 0.25) is 0 Å². The third kappa shape index (κ3) is 4.91. The second-order valence-corrected chi connectivity index (χ2v) is 7.57. The number of benzene rings is 2. The van der Waals surface area contributed by atoms with Crippen LogP contribution >= 0.6 is 0 Å². The normalized spacial score (nSPS) is 14.3. The molecule has 2 aromatic rings. The summed E-state index contributed by atoms with van der Waals surface area (Å²) in [5.41, 5.74) is 6.48. The lowest BCUT2D eigenvalue weighted by atomic mass is 9.88. The predicted octanol–water partition coefficient (Wildman–Crippen LogP) is 5.08. The quantitative estimate of drug-likeness (QED) is 0.743. The fraction of sp³-hybridized carbons (Fsp3) is 0.458. The molecule has 0 saturated carbocycles. The number of aryl methyl sites for hydroxylation is 4. The molecular formula is C24H31NO2. The Kier molecular flexibility index (Phi) is 6.54. The van der Waals surface area contributed by atoms with Gasteiger partial charge in [0, 0.05) is 6.42 Å². The van der Waals surface area contributed by atoms with Crippen molar-refractivity contribution in [3.63, 3.8) is 0 Å². The van der Waals surface area contributed by atoms with E-state index in [1.54, 1.807) is 7.11 Å². The summed E-state index contributed by atoms with van der Waals surface area (Å²) in [7, 11) is 1.68. The van der Waals surface area contributed by atoms with Crippen LogP contribution in [0.4, 0.5) is 0 Å². The van der Waals surface area contributed by atoms with Crippen LogP contribution < -0.4 is 10.1 Å². The Hall–Kier alpha value is -2.29. The maximum Gasteiger partial charge on any atom is 0.220 e. The highest BCUT2D eigenvalue weighted by Gasteiger charge is 2.16. The summed E-state index contributed by atoms with van der Waals surface area (Å²) in [5, 5.41) is 3.23. The Bertz CT molecular complexity index is 797. The van der Waals surface area contributed by atoms with Crippen LogP contribution in [0.3, 0.4) is 0 Å². The molecule has 0 aromatic heterocycles. The molecule has 1 atom stereocenters. The van der Waals surface area contributed by atoms with E-state index in [4.69, 9.17) is 4.74 Å². The number of ether oxygens (including phenoxy) is 1. The fourth-order valence-corrected chi connectivity index (χ4v) is 4.01. The lowest BCUT2D eigenvalue weighted by molar-refractivity contribution is -0.121. The summed E-state index contributed by atoms with van der Waals surface area (Å²) in [6, 6.07) is 13.0. The number of methoxy groups -OCH3 is 1. The molecule has 0 fully saturated rings. The Morgan fingerprint density at radius 3 is 2.59 bits per heavy atom. The lowest BCUT2D eigenvalue weighted by Crippen LogP contribution is -2.28. The number of fused-ring (bicyclic) bond motifs is 1. The van der Waals surface area contributed by atoms with Crippen molar-refractivity contribution < 1.29 is 9.53 Å². The largest absolute Gasteiger partial charge is 0.496 e. The Morgan fingerprint density at radius 1 is 1.11 bits per heavy atom. The molecular weight excluding hydrogens is 334 g/mol. The van der Waals surface area contributed by atoms with Gasteiger partial charge in [0.1, 0.15) is 5.75 Å². The van der Waals surface area contributed by atoms with Crippen molar-refractivity contribution in [2.75, 3.05) is 7.11 Å². The van der Waals surface area contributed by atoms with E-state index >= 15 is 0 Å². The minimum absolute atomic E-state index is 0.0994. The van der Waals surface area contributed by atoms with E-state index in [1.165, 1.54) is 47.9 Å². The summed E-state index contributed by atoms with van der Waals surface area (Å²) >= 11 is 0. The van der Waals surface area contributed by atoms with Crippen molar-refractivity contribution in [3.8, 4) is 5.75 Å². The lowest BCUT2D eigenvalue weighted by Gasteiger charge is -2.22. The van der Waals surface area contributed by atoms with Crippen molar-refractivity contribution >= 4 is 5.91 Å². The summed E-state index contributed by atoms with van der Waals surface area (Å²) in [6.45, 7) is 4.17. The van der Waals surface area contributed by atoms with E-state index in [2.05, 4.69) is 36.5 Å². The predicted molar refractivity (Wildman–Crippen MR) is 110 cm³/mol. The molecule has 3 rings (SSSR count). The standard InChI is InChI=1S/C24H31NO2/c1-4-22(21-12-11-19-7-5-6-8-20(19)16-21)25-24(26)14-10-18-9-13-23(27-3)17(2)15-18/h9,11-13,15-16,22H,4-8,10,14H2,1-3H3,(H,25,26). The number of carbonyl (C=O) groups is 1. The molecule has 1 aliphatic carbocycles. The zero-order valence-electron chi connectivity index (χ0n) is 16.8. The first-order valence-corrected chi connectivity index (χ1v) is 10.1. The Balaban J connectivity index is 1.59. The first kappa shape index (κ1) is 19.5. The highest BCUT2D eigenvalue weighted by Crippen LogP contribution is 2.26. The second kappa shape index (κ2) is 9.07. The van der Waals surface area contributed by atoms with Gasteiger partial charge >= 0.3 is 0 Å². The van der Waals surface area contributed by atoms with Crippen molar-refractivity contribution in [1.29, 1.82) is 0 Å². The zero-order chi connectivity index (χ0) is 19.2.